The lowest BCUT2D eigenvalue weighted by molar-refractivity contribution is 0.170. The van der Waals surface area contributed by atoms with Crippen molar-refractivity contribution >= 4 is 40.5 Å². The smallest absolute Gasteiger partial charge is 0.160 e. The number of benzene rings is 1. The third-order valence-electron chi connectivity index (χ3n) is 2.97. The van der Waals surface area contributed by atoms with Crippen molar-refractivity contribution in [2.45, 2.75) is 32.4 Å². The van der Waals surface area contributed by atoms with Crippen molar-refractivity contribution in [3.8, 4) is 0 Å². The van der Waals surface area contributed by atoms with Crippen molar-refractivity contribution in [2.24, 2.45) is 0 Å². The predicted octanol–water partition coefficient (Wildman–Crippen LogP) is 5.08. The van der Waals surface area contributed by atoms with Crippen molar-refractivity contribution in [1.82, 2.24) is 9.55 Å². The largest absolute Gasteiger partial charge is 0.477 e. The van der Waals surface area contributed by atoms with Crippen LogP contribution in [-0.4, -0.2) is 14.6 Å². The molecule has 0 aliphatic carbocycles. The Balaban J connectivity index is 2.23. The molecule has 21 heavy (non-hydrogen) atoms. The highest BCUT2D eigenvalue weighted by atomic mass is 35.5. The normalized spacial score (nSPS) is 12.1. The minimum Gasteiger partial charge on any atom is -0.477 e. The summed E-state index contributed by atoms with van der Waals surface area (Å²) in [7, 11) is 0. The predicted molar refractivity (Wildman–Crippen MR) is 90.0 cm³/mol. The first kappa shape index (κ1) is 16.3. The number of ether oxygens (including phenoxy) is 1. The third kappa shape index (κ3) is 4.70. The number of hydrogen-bond donors (Lipinski definition) is 0. The van der Waals surface area contributed by atoms with Gasteiger partial charge in [-0.05, 0) is 30.8 Å². The molecule has 0 aliphatic heterocycles. The van der Waals surface area contributed by atoms with Crippen LogP contribution in [0.1, 0.15) is 31.4 Å². The van der Waals surface area contributed by atoms with Crippen molar-refractivity contribution in [3.63, 3.8) is 0 Å². The van der Waals surface area contributed by atoms with Gasteiger partial charge in [0.25, 0.3) is 0 Å². The van der Waals surface area contributed by atoms with E-state index in [9.17, 15) is 0 Å². The molecule has 0 radical (unpaired) electrons. The number of nitrogens with zero attached hydrogens (tertiary/aromatic N) is 2. The number of rotatable bonds is 6. The maximum Gasteiger partial charge on any atom is 0.160 e. The van der Waals surface area contributed by atoms with E-state index in [4.69, 9.17) is 40.2 Å². The van der Waals surface area contributed by atoms with Gasteiger partial charge in [-0.3, -0.25) is 0 Å². The van der Waals surface area contributed by atoms with Crippen LogP contribution in [0.15, 0.2) is 36.9 Å². The average Bonchev–Trinajstić information content (AvgIpc) is 2.91. The van der Waals surface area contributed by atoms with Crippen LogP contribution in [0.3, 0.4) is 0 Å². The summed E-state index contributed by atoms with van der Waals surface area (Å²) in [6.45, 7) is 2.65. The monoisotopic (exact) mass is 342 g/mol. The minimum atomic E-state index is -0.261. The van der Waals surface area contributed by atoms with Crippen molar-refractivity contribution < 1.29 is 4.74 Å². The van der Waals surface area contributed by atoms with E-state index < -0.39 is 0 Å². The average molecular weight is 343 g/mol. The van der Waals surface area contributed by atoms with Crippen LogP contribution in [-0.2, 0) is 11.3 Å². The Bertz CT molecular complexity index is 602. The van der Waals surface area contributed by atoms with E-state index in [1.54, 1.807) is 24.7 Å². The Labute approximate surface area is 139 Å². The summed E-state index contributed by atoms with van der Waals surface area (Å²) in [6.07, 6.45) is 6.78. The number of thiocarbonyl (C=S) groups is 1. The van der Waals surface area contributed by atoms with Gasteiger partial charge in [-0.2, -0.15) is 0 Å². The standard InChI is InChI=1S/C15H16Cl2N2OS/c1-2-3-15(21)20-14(9-19-7-6-18-10-19)12-5-4-11(16)8-13(12)17/h4-8,10,14H,2-3,9H2,1H3. The van der Waals surface area contributed by atoms with Gasteiger partial charge in [0.05, 0.1) is 12.9 Å². The van der Waals surface area contributed by atoms with Gasteiger partial charge in [-0.1, -0.05) is 36.2 Å². The molecular formula is C15H16Cl2N2OS. The van der Waals surface area contributed by atoms with E-state index in [1.807, 2.05) is 16.8 Å². The highest BCUT2D eigenvalue weighted by Gasteiger charge is 2.18. The molecule has 0 fully saturated rings. The van der Waals surface area contributed by atoms with E-state index in [1.165, 1.54) is 0 Å². The molecule has 0 spiro atoms. The molecule has 112 valence electrons. The summed E-state index contributed by atoms with van der Waals surface area (Å²) < 4.78 is 7.86. The molecular weight excluding hydrogens is 327 g/mol. The van der Waals surface area contributed by atoms with Crippen molar-refractivity contribution in [1.29, 1.82) is 0 Å². The maximum absolute atomic E-state index is 6.29. The summed E-state index contributed by atoms with van der Waals surface area (Å²) >= 11 is 17.5. The molecule has 2 aromatic rings. The van der Waals surface area contributed by atoms with E-state index in [2.05, 4.69) is 11.9 Å². The summed E-state index contributed by atoms with van der Waals surface area (Å²) in [4.78, 5) is 4.04. The van der Waals surface area contributed by atoms with Gasteiger partial charge >= 0.3 is 0 Å². The van der Waals surface area contributed by atoms with Crippen LogP contribution in [0.2, 0.25) is 10.0 Å². The Hall–Kier alpha value is -1.10. The van der Waals surface area contributed by atoms with Gasteiger partial charge in [0.15, 0.2) is 5.05 Å². The molecule has 2 rings (SSSR count). The van der Waals surface area contributed by atoms with Gasteiger partial charge in [0, 0.05) is 34.4 Å². The highest BCUT2D eigenvalue weighted by Crippen LogP contribution is 2.30. The van der Waals surface area contributed by atoms with Gasteiger partial charge < -0.3 is 9.30 Å². The topological polar surface area (TPSA) is 27.1 Å². The molecule has 1 aromatic heterocycles. The first-order valence-corrected chi connectivity index (χ1v) is 7.86. The quantitative estimate of drug-likeness (QED) is 0.685. The van der Waals surface area contributed by atoms with Gasteiger partial charge in [0.2, 0.25) is 0 Å². The number of hydrogen-bond acceptors (Lipinski definition) is 3. The second-order valence-electron chi connectivity index (χ2n) is 4.65. The third-order valence-corrected chi connectivity index (χ3v) is 3.84. The van der Waals surface area contributed by atoms with E-state index in [-0.39, 0.29) is 6.10 Å². The molecule has 1 atom stereocenters. The molecule has 1 aromatic carbocycles. The number of imidazole rings is 1. The minimum absolute atomic E-state index is 0.261. The first-order chi connectivity index (χ1) is 10.1. The Kier molecular flexibility index (Phi) is 6.03. The van der Waals surface area contributed by atoms with Crippen molar-refractivity contribution in [3.05, 3.63) is 52.5 Å². The molecule has 1 unspecified atom stereocenters. The van der Waals surface area contributed by atoms with Crippen LogP contribution in [0.4, 0.5) is 0 Å². The lowest BCUT2D eigenvalue weighted by atomic mass is 10.1. The first-order valence-electron chi connectivity index (χ1n) is 6.70. The fourth-order valence-corrected chi connectivity index (χ4v) is 2.82. The second-order valence-corrected chi connectivity index (χ2v) is 5.95. The van der Waals surface area contributed by atoms with Crippen LogP contribution in [0.5, 0.6) is 0 Å². The summed E-state index contributed by atoms with van der Waals surface area (Å²) in [6, 6.07) is 5.39. The van der Waals surface area contributed by atoms with Crippen LogP contribution in [0, 0.1) is 0 Å². The van der Waals surface area contributed by atoms with Crippen LogP contribution < -0.4 is 0 Å². The Morgan fingerprint density at radius 3 is 2.86 bits per heavy atom. The SMILES string of the molecule is CCCC(=S)OC(Cn1ccnc1)c1ccc(Cl)cc1Cl. The Morgan fingerprint density at radius 1 is 1.43 bits per heavy atom. The van der Waals surface area contributed by atoms with Crippen molar-refractivity contribution in [2.75, 3.05) is 0 Å². The van der Waals surface area contributed by atoms with Gasteiger partial charge in [0.1, 0.15) is 6.10 Å². The molecule has 3 nitrogen and oxygen atoms in total. The van der Waals surface area contributed by atoms with E-state index in [0.29, 0.717) is 21.6 Å². The molecule has 0 amide bonds. The second kappa shape index (κ2) is 7.78. The zero-order valence-electron chi connectivity index (χ0n) is 11.6. The fourth-order valence-electron chi connectivity index (χ4n) is 1.97. The number of halogens is 2. The van der Waals surface area contributed by atoms with E-state index in [0.717, 1.165) is 18.4 Å². The Morgan fingerprint density at radius 2 is 2.24 bits per heavy atom. The number of aromatic nitrogens is 2. The summed E-state index contributed by atoms with van der Waals surface area (Å²) in [5.41, 5.74) is 0.869. The lowest BCUT2D eigenvalue weighted by Crippen LogP contribution is -2.15. The van der Waals surface area contributed by atoms with Crippen LogP contribution in [0.25, 0.3) is 0 Å². The zero-order valence-corrected chi connectivity index (χ0v) is 14.0. The highest BCUT2D eigenvalue weighted by molar-refractivity contribution is 7.80. The lowest BCUT2D eigenvalue weighted by Gasteiger charge is -2.21. The molecule has 0 saturated carbocycles. The van der Waals surface area contributed by atoms with Gasteiger partial charge in [-0.15, -0.1) is 0 Å². The summed E-state index contributed by atoms with van der Waals surface area (Å²) in [5.74, 6) is 0. The zero-order chi connectivity index (χ0) is 15.2. The van der Waals surface area contributed by atoms with Crippen LogP contribution >= 0.6 is 35.4 Å². The molecule has 6 heteroatoms. The summed E-state index contributed by atoms with van der Waals surface area (Å²) in [5, 5.41) is 1.77. The molecule has 0 saturated heterocycles. The molecule has 1 heterocycles. The fraction of sp³-hybridized carbons (Fsp3) is 0.333. The maximum atomic E-state index is 6.29. The molecule has 0 aliphatic rings. The van der Waals surface area contributed by atoms with E-state index >= 15 is 0 Å². The molecule has 0 N–H and O–H groups in total. The van der Waals surface area contributed by atoms with Gasteiger partial charge in [-0.25, -0.2) is 4.98 Å². The molecule has 0 bridgehead atoms.